The lowest BCUT2D eigenvalue weighted by molar-refractivity contribution is 0.0981. The van der Waals surface area contributed by atoms with E-state index in [1.54, 1.807) is 16.8 Å². The molecule has 4 nitrogen and oxygen atoms in total. The topological polar surface area (TPSA) is 38.1 Å². The number of nitrogens with zero attached hydrogens (tertiary/aromatic N) is 3. The van der Waals surface area contributed by atoms with Crippen LogP contribution in [0.1, 0.15) is 92.4 Å². The summed E-state index contributed by atoms with van der Waals surface area (Å²) in [5, 5.41) is 5.31. The molecule has 1 amide bonds. The minimum Gasteiger partial charge on any atom is -0.292 e. The Morgan fingerprint density at radius 1 is 1.06 bits per heavy atom. The first-order valence-corrected chi connectivity index (χ1v) is 12.0. The van der Waals surface area contributed by atoms with Gasteiger partial charge in [-0.1, -0.05) is 63.0 Å². The van der Waals surface area contributed by atoms with Crippen LogP contribution in [0.4, 0.5) is 10.1 Å². The largest absolute Gasteiger partial charge is 0.292 e. The molecular weight excluding hydrogens is 460 g/mol. The number of carbonyl (C=O) groups is 1. The highest BCUT2D eigenvalue weighted by molar-refractivity contribution is 6.31. The lowest BCUT2D eigenvalue weighted by Crippen LogP contribution is -2.32. The number of amides is 1. The van der Waals surface area contributed by atoms with Gasteiger partial charge in [0, 0.05) is 16.6 Å². The van der Waals surface area contributed by atoms with Crippen LogP contribution in [-0.2, 0) is 0 Å². The fourth-order valence-corrected chi connectivity index (χ4v) is 4.59. The molecule has 33 heavy (non-hydrogen) atoms. The smallest absolute Gasteiger partial charge is 0.277 e. The van der Waals surface area contributed by atoms with E-state index in [1.165, 1.54) is 11.0 Å². The summed E-state index contributed by atoms with van der Waals surface area (Å²) in [7, 11) is 0. The quantitative estimate of drug-likeness (QED) is 0.370. The summed E-state index contributed by atoms with van der Waals surface area (Å²) in [6, 6.07) is 9.68. The van der Waals surface area contributed by atoms with Crippen LogP contribution < -0.4 is 4.90 Å². The van der Waals surface area contributed by atoms with E-state index >= 15 is 4.39 Å². The average Bonchev–Trinajstić information content (AvgIpc) is 3.30. The Morgan fingerprint density at radius 3 is 2.33 bits per heavy atom. The summed E-state index contributed by atoms with van der Waals surface area (Å²) < 4.78 is 16.9. The number of hydrogen-bond donors (Lipinski definition) is 0. The van der Waals surface area contributed by atoms with Gasteiger partial charge in [0.15, 0.2) is 5.82 Å². The molecule has 2 heterocycles. The van der Waals surface area contributed by atoms with E-state index in [0.717, 1.165) is 22.4 Å². The van der Waals surface area contributed by atoms with Crippen LogP contribution in [0, 0.1) is 12.7 Å². The van der Waals surface area contributed by atoms with Crippen molar-refractivity contribution in [2.75, 3.05) is 4.90 Å². The zero-order valence-electron chi connectivity index (χ0n) is 20.1. The number of hydrogen-bond acceptors (Lipinski definition) is 2. The first kappa shape index (κ1) is 25.3. The van der Waals surface area contributed by atoms with Crippen molar-refractivity contribution in [3.8, 4) is 0 Å². The third-order valence-corrected chi connectivity index (χ3v) is 6.22. The highest BCUT2D eigenvalue weighted by Gasteiger charge is 2.46. The summed E-state index contributed by atoms with van der Waals surface area (Å²) in [4.78, 5) is 15.3. The second-order valence-corrected chi connectivity index (χ2v) is 9.34. The maximum atomic E-state index is 15.2. The number of rotatable bonds is 4. The molecule has 1 aromatic heterocycles. The number of aromatic nitrogens is 2. The van der Waals surface area contributed by atoms with Crippen LogP contribution in [0.15, 0.2) is 36.4 Å². The lowest BCUT2D eigenvalue weighted by Gasteiger charge is -2.28. The van der Waals surface area contributed by atoms with E-state index < -0.39 is 11.9 Å². The van der Waals surface area contributed by atoms with Gasteiger partial charge in [-0.25, -0.2) is 4.39 Å². The molecule has 0 radical (unpaired) electrons. The van der Waals surface area contributed by atoms with Crippen molar-refractivity contribution in [1.82, 2.24) is 9.78 Å². The van der Waals surface area contributed by atoms with E-state index in [1.807, 2.05) is 66.7 Å². The van der Waals surface area contributed by atoms with Crippen molar-refractivity contribution in [1.29, 1.82) is 0 Å². The van der Waals surface area contributed by atoms with Gasteiger partial charge < -0.3 is 0 Å². The summed E-state index contributed by atoms with van der Waals surface area (Å²) in [5.41, 5.74) is 4.05. The van der Waals surface area contributed by atoms with Crippen LogP contribution in [-0.4, -0.2) is 15.7 Å². The van der Waals surface area contributed by atoms with E-state index in [-0.39, 0.29) is 28.6 Å². The molecule has 0 spiro atoms. The van der Waals surface area contributed by atoms with Crippen LogP contribution >= 0.6 is 23.2 Å². The molecule has 4 rings (SSSR count). The van der Waals surface area contributed by atoms with Gasteiger partial charge >= 0.3 is 0 Å². The molecule has 0 bridgehead atoms. The number of carbonyl (C=O) groups excluding carboxylic acids is 1. The molecule has 0 saturated heterocycles. The predicted molar refractivity (Wildman–Crippen MR) is 134 cm³/mol. The standard InChI is InChI=1S/C24H24Cl2FN3O.C2H6/c1-12(2)21-19-22(16-11-15(25)10-9-14(16)5)29(18-8-6-7-17(26)20(18)27)24(31)23(19)30(28-21)13(3)4;1-2/h6-13,22H,1-5H3;1-2H3. The monoisotopic (exact) mass is 489 g/mol. The van der Waals surface area contributed by atoms with Gasteiger partial charge in [0.05, 0.1) is 22.4 Å². The fourth-order valence-electron chi connectivity index (χ4n) is 4.24. The lowest BCUT2D eigenvalue weighted by atomic mass is 9.92. The maximum absolute atomic E-state index is 15.2. The molecule has 7 heteroatoms. The highest BCUT2D eigenvalue weighted by atomic mass is 35.5. The summed E-state index contributed by atoms with van der Waals surface area (Å²) in [5.74, 6) is -0.844. The average molecular weight is 490 g/mol. The third-order valence-electron chi connectivity index (χ3n) is 5.69. The van der Waals surface area contributed by atoms with E-state index in [2.05, 4.69) is 0 Å². The van der Waals surface area contributed by atoms with Crippen LogP contribution in [0.3, 0.4) is 0 Å². The second kappa shape index (κ2) is 9.86. The summed E-state index contributed by atoms with van der Waals surface area (Å²) >= 11 is 12.4. The summed E-state index contributed by atoms with van der Waals surface area (Å²) in [6.07, 6.45) is 0. The maximum Gasteiger partial charge on any atom is 0.277 e. The molecule has 0 fully saturated rings. The van der Waals surface area contributed by atoms with Crippen LogP contribution in [0.5, 0.6) is 0 Å². The van der Waals surface area contributed by atoms with Crippen LogP contribution in [0.25, 0.3) is 0 Å². The molecule has 3 aromatic rings. The van der Waals surface area contributed by atoms with Gasteiger partial charge in [0.1, 0.15) is 5.69 Å². The number of anilines is 1. The van der Waals surface area contributed by atoms with Crippen LogP contribution in [0.2, 0.25) is 10.0 Å². The minimum atomic E-state index is -0.623. The fraction of sp³-hybridized carbons (Fsp3) is 0.385. The normalized spacial score (nSPS) is 15.2. The molecule has 1 atom stereocenters. The molecule has 1 unspecified atom stereocenters. The number of halogens is 3. The molecule has 1 aliphatic rings. The minimum absolute atomic E-state index is 0.0302. The van der Waals surface area contributed by atoms with Gasteiger partial charge in [0.25, 0.3) is 5.91 Å². The van der Waals surface area contributed by atoms with Gasteiger partial charge in [-0.15, -0.1) is 0 Å². The Morgan fingerprint density at radius 2 is 1.73 bits per heavy atom. The Balaban J connectivity index is 0.00000149. The number of benzene rings is 2. The molecule has 2 aromatic carbocycles. The van der Waals surface area contributed by atoms with E-state index in [0.29, 0.717) is 10.7 Å². The first-order valence-electron chi connectivity index (χ1n) is 11.3. The van der Waals surface area contributed by atoms with Crippen molar-refractivity contribution in [2.45, 2.75) is 66.5 Å². The SMILES string of the molecule is CC.Cc1ccc(Cl)cc1C1c2c(C(C)C)nn(C(C)C)c2C(=O)N1c1cccc(Cl)c1F. The number of aryl methyl sites for hydroxylation is 1. The third kappa shape index (κ3) is 4.29. The zero-order chi connectivity index (χ0) is 24.6. The molecule has 176 valence electrons. The van der Waals surface area contributed by atoms with Crippen molar-refractivity contribution in [3.05, 3.63) is 80.3 Å². The molecular formula is C26H30Cl2FN3O. The van der Waals surface area contributed by atoms with E-state index in [4.69, 9.17) is 28.3 Å². The Bertz CT molecular complexity index is 1190. The predicted octanol–water partition coefficient (Wildman–Crippen LogP) is 8.12. The van der Waals surface area contributed by atoms with Crippen molar-refractivity contribution >= 4 is 34.8 Å². The molecule has 1 aliphatic heterocycles. The molecule has 0 aliphatic carbocycles. The molecule has 0 N–H and O–H groups in total. The van der Waals surface area contributed by atoms with Gasteiger partial charge in [-0.3, -0.25) is 14.4 Å². The first-order chi connectivity index (χ1) is 15.6. The number of fused-ring (bicyclic) bond motifs is 1. The Labute approximate surface area is 205 Å². The highest BCUT2D eigenvalue weighted by Crippen LogP contribution is 2.47. The van der Waals surface area contributed by atoms with Gasteiger partial charge in [0.2, 0.25) is 0 Å². The van der Waals surface area contributed by atoms with Crippen molar-refractivity contribution in [3.63, 3.8) is 0 Å². The zero-order valence-corrected chi connectivity index (χ0v) is 21.6. The van der Waals surface area contributed by atoms with Gasteiger partial charge in [-0.2, -0.15) is 5.10 Å². The Kier molecular flexibility index (Phi) is 7.55. The van der Waals surface area contributed by atoms with Crippen molar-refractivity contribution in [2.24, 2.45) is 0 Å². The Hall–Kier alpha value is -2.37. The molecule has 0 saturated carbocycles. The second-order valence-electron chi connectivity index (χ2n) is 8.49. The van der Waals surface area contributed by atoms with E-state index in [9.17, 15) is 4.79 Å². The van der Waals surface area contributed by atoms with Gasteiger partial charge in [-0.05, 0) is 62.1 Å². The summed E-state index contributed by atoms with van der Waals surface area (Å²) in [6.45, 7) is 14.0. The van der Waals surface area contributed by atoms with Crippen molar-refractivity contribution < 1.29 is 9.18 Å².